The summed E-state index contributed by atoms with van der Waals surface area (Å²) < 4.78 is 24.2. The van der Waals surface area contributed by atoms with Crippen molar-refractivity contribution in [2.24, 2.45) is 5.92 Å². The maximum Gasteiger partial charge on any atom is 0.274 e. The Hall–Kier alpha value is -3.36. The highest BCUT2D eigenvalue weighted by atomic mass is 16.5. The Bertz CT molecular complexity index is 1300. The first kappa shape index (κ1) is 32.6. The summed E-state index contributed by atoms with van der Waals surface area (Å²) in [5, 5.41) is 7.22. The lowest BCUT2D eigenvalue weighted by Gasteiger charge is -2.26. The van der Waals surface area contributed by atoms with E-state index in [2.05, 4.69) is 73.4 Å². The second-order valence-corrected chi connectivity index (χ2v) is 11.6. The van der Waals surface area contributed by atoms with Crippen LogP contribution in [0.3, 0.4) is 0 Å². The number of morpholine rings is 1. The number of carbonyl (C=O) groups excluding carboxylic acids is 1. The summed E-state index contributed by atoms with van der Waals surface area (Å²) in [5.41, 5.74) is 4.89. The molecule has 0 aliphatic carbocycles. The van der Waals surface area contributed by atoms with Crippen molar-refractivity contribution in [3.05, 3.63) is 53.2 Å². The number of benzene rings is 2. The molecule has 8 heteroatoms. The Morgan fingerprint density at radius 3 is 2.28 bits per heavy atom. The molecule has 0 unspecified atom stereocenters. The van der Waals surface area contributed by atoms with Gasteiger partial charge in [-0.25, -0.2) is 0 Å². The first-order valence-corrected chi connectivity index (χ1v) is 16.0. The van der Waals surface area contributed by atoms with Crippen LogP contribution in [0.25, 0.3) is 22.5 Å². The summed E-state index contributed by atoms with van der Waals surface area (Å²) in [5.74, 6) is 2.21. The number of hydrogen-bond acceptors (Lipinski definition) is 7. The number of ether oxygens (including phenoxy) is 3. The molecule has 0 spiro atoms. The zero-order valence-electron chi connectivity index (χ0n) is 26.7. The Balaban J connectivity index is 1.80. The van der Waals surface area contributed by atoms with Gasteiger partial charge in [-0.3, -0.25) is 9.69 Å². The van der Waals surface area contributed by atoms with Crippen molar-refractivity contribution >= 4 is 5.91 Å². The van der Waals surface area contributed by atoms with Crippen LogP contribution in [-0.2, 0) is 17.7 Å². The lowest BCUT2D eigenvalue weighted by Crippen LogP contribution is -2.35. The number of rotatable bonds is 16. The van der Waals surface area contributed by atoms with Crippen LogP contribution in [-0.4, -0.2) is 62.0 Å². The minimum atomic E-state index is -0.264. The summed E-state index contributed by atoms with van der Waals surface area (Å²) >= 11 is 0. The van der Waals surface area contributed by atoms with E-state index in [0.717, 1.165) is 87.4 Å². The number of nitrogens with zero attached hydrogens (tertiary/aromatic N) is 2. The third-order valence-electron chi connectivity index (χ3n) is 7.54. The second kappa shape index (κ2) is 16.5. The lowest BCUT2D eigenvalue weighted by molar-refractivity contribution is 0.0342. The first-order chi connectivity index (χ1) is 20.9. The zero-order valence-corrected chi connectivity index (χ0v) is 26.7. The van der Waals surface area contributed by atoms with Crippen LogP contribution in [0.2, 0.25) is 0 Å². The Morgan fingerprint density at radius 1 is 0.977 bits per heavy atom. The molecule has 1 saturated heterocycles. The lowest BCUT2D eigenvalue weighted by atomic mass is 9.94. The molecule has 4 rings (SSSR count). The van der Waals surface area contributed by atoms with E-state index >= 15 is 0 Å². The van der Waals surface area contributed by atoms with Gasteiger partial charge >= 0.3 is 0 Å². The first-order valence-electron chi connectivity index (χ1n) is 16.0. The van der Waals surface area contributed by atoms with Gasteiger partial charge in [0.15, 0.2) is 11.5 Å². The zero-order chi connectivity index (χ0) is 30.6. The van der Waals surface area contributed by atoms with Gasteiger partial charge in [-0.1, -0.05) is 70.0 Å². The molecule has 1 N–H and O–H groups in total. The third-order valence-corrected chi connectivity index (χ3v) is 7.54. The van der Waals surface area contributed by atoms with Gasteiger partial charge in [-0.05, 0) is 54.9 Å². The highest BCUT2D eigenvalue weighted by molar-refractivity contribution is 6.02. The summed E-state index contributed by atoms with van der Waals surface area (Å²) in [6.07, 6.45) is 4.83. The average Bonchev–Trinajstić information content (AvgIpc) is 3.44. The third kappa shape index (κ3) is 8.83. The van der Waals surface area contributed by atoms with Crippen molar-refractivity contribution in [3.8, 4) is 33.9 Å². The highest BCUT2D eigenvalue weighted by Gasteiger charge is 2.28. The molecule has 8 nitrogen and oxygen atoms in total. The number of amides is 1. The van der Waals surface area contributed by atoms with Gasteiger partial charge in [0.1, 0.15) is 11.5 Å². The minimum Gasteiger partial charge on any atom is -0.493 e. The van der Waals surface area contributed by atoms with Crippen molar-refractivity contribution < 1.29 is 23.5 Å². The molecular weight excluding hydrogens is 542 g/mol. The van der Waals surface area contributed by atoms with E-state index in [9.17, 15) is 4.79 Å². The molecule has 43 heavy (non-hydrogen) atoms. The van der Waals surface area contributed by atoms with Crippen LogP contribution in [0.4, 0.5) is 0 Å². The number of aromatic nitrogens is 1. The van der Waals surface area contributed by atoms with Crippen molar-refractivity contribution in [1.29, 1.82) is 0 Å². The van der Waals surface area contributed by atoms with E-state index in [1.54, 1.807) is 0 Å². The quantitative estimate of drug-likeness (QED) is 0.177. The maximum absolute atomic E-state index is 13.2. The maximum atomic E-state index is 13.2. The predicted octanol–water partition coefficient (Wildman–Crippen LogP) is 7.15. The molecule has 2 aromatic carbocycles. The average molecular weight is 592 g/mol. The van der Waals surface area contributed by atoms with Gasteiger partial charge in [0.2, 0.25) is 0 Å². The highest BCUT2D eigenvalue weighted by Crippen LogP contribution is 2.43. The summed E-state index contributed by atoms with van der Waals surface area (Å²) in [6.45, 7) is 16.6. The van der Waals surface area contributed by atoms with E-state index in [1.165, 1.54) is 5.56 Å². The van der Waals surface area contributed by atoms with Gasteiger partial charge in [0.05, 0.1) is 37.6 Å². The number of carbonyl (C=O) groups is 1. The van der Waals surface area contributed by atoms with Crippen LogP contribution in [0.1, 0.15) is 81.9 Å². The Kier molecular flexibility index (Phi) is 12.5. The molecule has 0 saturated carbocycles. The monoisotopic (exact) mass is 591 g/mol. The standard InChI is InChI=1S/C35H49N3O5/c1-6-9-17-41-30-23-31(42-18-10-7-2)29(22-28(30)21-25(4)5)34-32(33(37-43-34)35(39)36-8-3)27-13-11-26(12-14-27)24-38-15-19-40-20-16-38/h11-14,22-23,25H,6-10,15-21,24H2,1-5H3,(H,36,39). The van der Waals surface area contributed by atoms with E-state index < -0.39 is 0 Å². The van der Waals surface area contributed by atoms with Gasteiger partial charge in [0.25, 0.3) is 5.91 Å². The SMILES string of the molecule is CCCCOc1cc(OCCCC)c(-c2onc(C(=O)NCC)c2-c2ccc(CN3CCOCC3)cc2)cc1CC(C)C. The molecule has 0 radical (unpaired) electrons. The van der Waals surface area contributed by atoms with E-state index in [-0.39, 0.29) is 11.6 Å². The van der Waals surface area contributed by atoms with Crippen LogP contribution in [0.15, 0.2) is 40.9 Å². The molecule has 3 aromatic rings. The summed E-state index contributed by atoms with van der Waals surface area (Å²) in [6, 6.07) is 12.5. The molecule has 0 bridgehead atoms. The number of nitrogens with one attached hydrogen (secondary N) is 1. The topological polar surface area (TPSA) is 86.1 Å². The van der Waals surface area contributed by atoms with Crippen LogP contribution < -0.4 is 14.8 Å². The molecule has 234 valence electrons. The fourth-order valence-corrected chi connectivity index (χ4v) is 5.22. The summed E-state index contributed by atoms with van der Waals surface area (Å²) in [7, 11) is 0. The van der Waals surface area contributed by atoms with Gasteiger partial charge in [0, 0.05) is 32.2 Å². The van der Waals surface area contributed by atoms with Crippen molar-refractivity contribution in [2.75, 3.05) is 46.1 Å². The van der Waals surface area contributed by atoms with Crippen LogP contribution in [0, 0.1) is 5.92 Å². The molecule has 2 heterocycles. The summed E-state index contributed by atoms with van der Waals surface area (Å²) in [4.78, 5) is 15.6. The van der Waals surface area contributed by atoms with Crippen molar-refractivity contribution in [3.63, 3.8) is 0 Å². The van der Waals surface area contributed by atoms with Gasteiger partial charge < -0.3 is 24.1 Å². The Morgan fingerprint density at radius 2 is 1.65 bits per heavy atom. The van der Waals surface area contributed by atoms with Crippen molar-refractivity contribution in [1.82, 2.24) is 15.4 Å². The fourth-order valence-electron chi connectivity index (χ4n) is 5.22. The number of unbranched alkanes of at least 4 members (excludes halogenated alkanes) is 2. The molecule has 1 fully saturated rings. The van der Waals surface area contributed by atoms with Gasteiger partial charge in [-0.15, -0.1) is 0 Å². The minimum absolute atomic E-state index is 0.264. The predicted molar refractivity (Wildman–Crippen MR) is 171 cm³/mol. The second-order valence-electron chi connectivity index (χ2n) is 11.6. The Labute approximate surface area is 257 Å². The molecular formula is C35H49N3O5. The normalized spacial score (nSPS) is 13.8. The molecule has 1 amide bonds. The van der Waals surface area contributed by atoms with Crippen LogP contribution in [0.5, 0.6) is 11.5 Å². The fraction of sp³-hybridized carbons (Fsp3) is 0.543. The van der Waals surface area contributed by atoms with E-state index in [1.807, 2.05) is 13.0 Å². The number of hydrogen-bond donors (Lipinski definition) is 1. The van der Waals surface area contributed by atoms with Crippen molar-refractivity contribution in [2.45, 2.75) is 73.3 Å². The molecule has 0 atom stereocenters. The van der Waals surface area contributed by atoms with E-state index in [4.69, 9.17) is 18.7 Å². The van der Waals surface area contributed by atoms with Crippen LogP contribution >= 0.6 is 0 Å². The van der Waals surface area contributed by atoms with E-state index in [0.29, 0.717) is 42.7 Å². The molecule has 1 aliphatic rings. The smallest absolute Gasteiger partial charge is 0.274 e. The molecule has 1 aliphatic heterocycles. The molecule has 1 aromatic heterocycles. The largest absolute Gasteiger partial charge is 0.493 e. The van der Waals surface area contributed by atoms with Gasteiger partial charge in [-0.2, -0.15) is 0 Å².